The fraction of sp³-hybridized carbons (Fsp3) is 0.600. The zero-order valence-electron chi connectivity index (χ0n) is 12.3. The number of hydrogen-bond acceptors (Lipinski definition) is 4. The number of rotatable bonds is 5. The number of methoxy groups -OCH3 is 2. The highest BCUT2D eigenvalue weighted by atomic mass is 16.5. The third-order valence-electron chi connectivity index (χ3n) is 3.48. The zero-order chi connectivity index (χ0) is 13.8. The van der Waals surface area contributed by atoms with E-state index in [1.54, 1.807) is 14.2 Å². The first kappa shape index (κ1) is 14.0. The summed E-state index contributed by atoms with van der Waals surface area (Å²) in [5.74, 6) is 1.71. The van der Waals surface area contributed by atoms with Gasteiger partial charge in [0.2, 0.25) is 0 Å². The van der Waals surface area contributed by atoms with Crippen LogP contribution in [0.25, 0.3) is 0 Å². The van der Waals surface area contributed by atoms with Crippen LogP contribution in [0.3, 0.4) is 0 Å². The van der Waals surface area contributed by atoms with Crippen molar-refractivity contribution in [1.29, 1.82) is 0 Å². The molecule has 0 radical (unpaired) electrons. The molecule has 4 nitrogen and oxygen atoms in total. The zero-order valence-corrected chi connectivity index (χ0v) is 12.3. The molecule has 1 N–H and O–H groups in total. The van der Waals surface area contributed by atoms with E-state index in [0.717, 1.165) is 30.3 Å². The predicted molar refractivity (Wildman–Crippen MR) is 78.4 cm³/mol. The van der Waals surface area contributed by atoms with Gasteiger partial charge in [0.05, 0.1) is 19.9 Å². The molecule has 0 aromatic heterocycles. The molecule has 1 aliphatic rings. The number of hydrogen-bond donors (Lipinski definition) is 1. The lowest BCUT2D eigenvalue weighted by molar-refractivity contribution is 0.394. The molecule has 2 rings (SSSR count). The largest absolute Gasteiger partial charge is 0.497 e. The molecular weight excluding hydrogens is 240 g/mol. The quantitative estimate of drug-likeness (QED) is 0.884. The molecule has 1 heterocycles. The van der Waals surface area contributed by atoms with Crippen LogP contribution in [0, 0.1) is 0 Å². The molecule has 0 spiro atoms. The van der Waals surface area contributed by atoms with E-state index in [2.05, 4.69) is 30.1 Å². The second kappa shape index (κ2) is 6.15. The van der Waals surface area contributed by atoms with Gasteiger partial charge in [-0.3, -0.25) is 0 Å². The number of nitrogens with zero attached hydrogens (tertiary/aromatic N) is 1. The van der Waals surface area contributed by atoms with E-state index >= 15 is 0 Å². The highest BCUT2D eigenvalue weighted by molar-refractivity contribution is 5.61. The van der Waals surface area contributed by atoms with Gasteiger partial charge in [-0.25, -0.2) is 0 Å². The van der Waals surface area contributed by atoms with Crippen LogP contribution in [0.15, 0.2) is 18.2 Å². The summed E-state index contributed by atoms with van der Waals surface area (Å²) in [4.78, 5) is 2.37. The third kappa shape index (κ3) is 3.32. The summed E-state index contributed by atoms with van der Waals surface area (Å²) in [5, 5.41) is 3.59. The van der Waals surface area contributed by atoms with Crippen molar-refractivity contribution in [3.8, 4) is 11.5 Å². The average molecular weight is 264 g/mol. The molecule has 0 aliphatic carbocycles. The Morgan fingerprint density at radius 2 is 2.05 bits per heavy atom. The molecule has 0 amide bonds. The van der Waals surface area contributed by atoms with Crippen molar-refractivity contribution in [3.05, 3.63) is 18.2 Å². The van der Waals surface area contributed by atoms with E-state index in [0.29, 0.717) is 12.1 Å². The number of benzene rings is 1. The fourth-order valence-electron chi connectivity index (χ4n) is 2.63. The molecular formula is C15H24N2O2. The minimum absolute atomic E-state index is 0.530. The minimum atomic E-state index is 0.530. The molecule has 4 heteroatoms. The monoisotopic (exact) mass is 264 g/mol. The highest BCUT2D eigenvalue weighted by Crippen LogP contribution is 2.34. The summed E-state index contributed by atoms with van der Waals surface area (Å²) in [6.07, 6.45) is 1.17. The third-order valence-corrected chi connectivity index (χ3v) is 3.48. The maximum atomic E-state index is 5.47. The maximum Gasteiger partial charge on any atom is 0.145 e. The van der Waals surface area contributed by atoms with E-state index in [4.69, 9.17) is 9.47 Å². The van der Waals surface area contributed by atoms with Crippen LogP contribution in [-0.2, 0) is 0 Å². The SMILES string of the molecule is COc1ccc(N2CCC(NC(C)C)C2)c(OC)c1. The molecule has 1 fully saturated rings. The lowest BCUT2D eigenvalue weighted by atomic mass is 10.2. The van der Waals surface area contributed by atoms with Gasteiger partial charge in [0.25, 0.3) is 0 Å². The number of anilines is 1. The summed E-state index contributed by atoms with van der Waals surface area (Å²) in [7, 11) is 3.38. The minimum Gasteiger partial charge on any atom is -0.497 e. The van der Waals surface area contributed by atoms with Gasteiger partial charge >= 0.3 is 0 Å². The molecule has 0 saturated carbocycles. The molecule has 1 aromatic carbocycles. The van der Waals surface area contributed by atoms with Crippen molar-refractivity contribution in [2.45, 2.75) is 32.4 Å². The lowest BCUT2D eigenvalue weighted by Gasteiger charge is -2.22. The van der Waals surface area contributed by atoms with Crippen molar-refractivity contribution >= 4 is 5.69 Å². The fourth-order valence-corrected chi connectivity index (χ4v) is 2.63. The van der Waals surface area contributed by atoms with E-state index in [-0.39, 0.29) is 0 Å². The average Bonchev–Trinajstić information content (AvgIpc) is 2.85. The highest BCUT2D eigenvalue weighted by Gasteiger charge is 2.24. The van der Waals surface area contributed by atoms with Crippen molar-refractivity contribution < 1.29 is 9.47 Å². The van der Waals surface area contributed by atoms with Gasteiger partial charge in [0.1, 0.15) is 11.5 Å². The number of nitrogens with one attached hydrogen (secondary N) is 1. The molecule has 1 aromatic rings. The van der Waals surface area contributed by atoms with Gasteiger partial charge < -0.3 is 19.7 Å². The van der Waals surface area contributed by atoms with Crippen LogP contribution in [0.4, 0.5) is 5.69 Å². The first-order chi connectivity index (χ1) is 9.13. The van der Waals surface area contributed by atoms with Crippen LogP contribution in [0.2, 0.25) is 0 Å². The van der Waals surface area contributed by atoms with Crippen molar-refractivity contribution in [2.75, 3.05) is 32.2 Å². The Balaban J connectivity index is 2.10. The predicted octanol–water partition coefficient (Wildman–Crippen LogP) is 2.28. The lowest BCUT2D eigenvalue weighted by Crippen LogP contribution is -2.37. The van der Waals surface area contributed by atoms with E-state index in [1.165, 1.54) is 6.42 Å². The van der Waals surface area contributed by atoms with Gasteiger partial charge in [-0.2, -0.15) is 0 Å². The maximum absolute atomic E-state index is 5.47. The molecule has 1 unspecified atom stereocenters. The summed E-state index contributed by atoms with van der Waals surface area (Å²) in [6.45, 7) is 6.47. The molecule has 19 heavy (non-hydrogen) atoms. The van der Waals surface area contributed by atoms with Crippen molar-refractivity contribution in [2.24, 2.45) is 0 Å². The molecule has 1 aliphatic heterocycles. The van der Waals surface area contributed by atoms with Crippen LogP contribution in [0.1, 0.15) is 20.3 Å². The Morgan fingerprint density at radius 1 is 1.26 bits per heavy atom. The smallest absolute Gasteiger partial charge is 0.145 e. The molecule has 1 saturated heterocycles. The second-order valence-corrected chi connectivity index (χ2v) is 5.29. The topological polar surface area (TPSA) is 33.7 Å². The molecule has 106 valence electrons. The summed E-state index contributed by atoms with van der Waals surface area (Å²) >= 11 is 0. The summed E-state index contributed by atoms with van der Waals surface area (Å²) < 4.78 is 10.7. The first-order valence-corrected chi connectivity index (χ1v) is 6.87. The van der Waals surface area contributed by atoms with Crippen LogP contribution < -0.4 is 19.7 Å². The van der Waals surface area contributed by atoms with E-state index in [1.807, 2.05) is 12.1 Å². The van der Waals surface area contributed by atoms with E-state index in [9.17, 15) is 0 Å². The molecule has 1 atom stereocenters. The van der Waals surface area contributed by atoms with E-state index < -0.39 is 0 Å². The Kier molecular flexibility index (Phi) is 4.53. The van der Waals surface area contributed by atoms with Gasteiger partial charge in [0, 0.05) is 31.2 Å². The van der Waals surface area contributed by atoms with Crippen LogP contribution >= 0.6 is 0 Å². The first-order valence-electron chi connectivity index (χ1n) is 6.87. The van der Waals surface area contributed by atoms with Crippen LogP contribution in [-0.4, -0.2) is 39.4 Å². The van der Waals surface area contributed by atoms with Crippen molar-refractivity contribution in [3.63, 3.8) is 0 Å². The molecule has 0 bridgehead atoms. The van der Waals surface area contributed by atoms with Crippen LogP contribution in [0.5, 0.6) is 11.5 Å². The summed E-state index contributed by atoms with van der Waals surface area (Å²) in [5.41, 5.74) is 1.15. The van der Waals surface area contributed by atoms with Crippen molar-refractivity contribution in [1.82, 2.24) is 5.32 Å². The van der Waals surface area contributed by atoms with Gasteiger partial charge in [-0.15, -0.1) is 0 Å². The Morgan fingerprint density at radius 3 is 2.68 bits per heavy atom. The standard InChI is InChI=1S/C15H24N2O2/c1-11(2)16-12-7-8-17(10-12)14-6-5-13(18-3)9-15(14)19-4/h5-6,9,11-12,16H,7-8,10H2,1-4H3. The van der Waals surface area contributed by atoms with Gasteiger partial charge in [-0.05, 0) is 18.6 Å². The second-order valence-electron chi connectivity index (χ2n) is 5.29. The van der Waals surface area contributed by atoms with Gasteiger partial charge in [0.15, 0.2) is 0 Å². The Bertz CT molecular complexity index is 421. The Hall–Kier alpha value is -1.42. The normalized spacial score (nSPS) is 19.0. The Labute approximate surface area is 115 Å². The summed E-state index contributed by atoms with van der Waals surface area (Å²) in [6, 6.07) is 7.10. The van der Waals surface area contributed by atoms with Gasteiger partial charge in [-0.1, -0.05) is 13.8 Å². The number of ether oxygens (including phenoxy) is 2.